The number of benzene rings is 1. The summed E-state index contributed by atoms with van der Waals surface area (Å²) >= 11 is 0. The van der Waals surface area contributed by atoms with Crippen molar-refractivity contribution in [3.05, 3.63) is 47.5 Å². The second-order valence-electron chi connectivity index (χ2n) is 2.98. The van der Waals surface area contributed by atoms with Gasteiger partial charge in [-0.3, -0.25) is 0 Å². The molecule has 0 aromatic heterocycles. The van der Waals surface area contributed by atoms with Crippen molar-refractivity contribution in [3.63, 3.8) is 0 Å². The number of hydrogen-bond donors (Lipinski definition) is 2. The van der Waals surface area contributed by atoms with Crippen molar-refractivity contribution in [2.45, 2.75) is 6.42 Å². The Morgan fingerprint density at radius 2 is 1.93 bits per heavy atom. The van der Waals surface area contributed by atoms with Crippen molar-refractivity contribution >= 4 is 11.9 Å². The molecule has 1 aromatic carbocycles. The smallest absolute Gasteiger partial charge is 0.335 e. The Balaban J connectivity index is 3.25. The van der Waals surface area contributed by atoms with Gasteiger partial charge in [-0.2, -0.15) is 0 Å². The number of hydrogen-bond acceptors (Lipinski definition) is 2. The van der Waals surface area contributed by atoms with Gasteiger partial charge < -0.3 is 10.2 Å². The molecule has 0 aliphatic rings. The third kappa shape index (κ3) is 2.43. The van der Waals surface area contributed by atoms with E-state index in [4.69, 9.17) is 10.2 Å². The lowest BCUT2D eigenvalue weighted by Crippen LogP contribution is -2.05. The molecule has 0 saturated carbocycles. The van der Waals surface area contributed by atoms with Gasteiger partial charge in [-0.15, -0.1) is 6.58 Å². The van der Waals surface area contributed by atoms with Gasteiger partial charge in [0.1, 0.15) is 0 Å². The molecular weight excluding hydrogens is 196 g/mol. The fourth-order valence-electron chi connectivity index (χ4n) is 1.26. The normalized spacial score (nSPS) is 9.60. The van der Waals surface area contributed by atoms with Gasteiger partial charge in [0.05, 0.1) is 11.1 Å². The standard InChI is InChI=1S/C11H10O4/c1-2-3-7-6-8(10(12)13)4-5-9(7)11(14)15/h2,4-6H,1,3H2,(H,12,13)(H,14,15). The van der Waals surface area contributed by atoms with Crippen LogP contribution in [0.4, 0.5) is 0 Å². The van der Waals surface area contributed by atoms with Gasteiger partial charge in [0.2, 0.25) is 0 Å². The molecule has 0 amide bonds. The van der Waals surface area contributed by atoms with Crippen LogP contribution in [-0.2, 0) is 6.42 Å². The molecule has 1 aromatic rings. The van der Waals surface area contributed by atoms with Crippen LogP contribution in [0.5, 0.6) is 0 Å². The predicted octanol–water partition coefficient (Wildman–Crippen LogP) is 1.81. The van der Waals surface area contributed by atoms with Crippen molar-refractivity contribution < 1.29 is 19.8 Å². The summed E-state index contributed by atoms with van der Waals surface area (Å²) in [7, 11) is 0. The Hall–Kier alpha value is -2.10. The maximum atomic E-state index is 10.8. The lowest BCUT2D eigenvalue weighted by atomic mass is 10.0. The zero-order valence-electron chi connectivity index (χ0n) is 7.93. The zero-order chi connectivity index (χ0) is 11.4. The van der Waals surface area contributed by atoms with Crippen LogP contribution >= 0.6 is 0 Å². The lowest BCUT2D eigenvalue weighted by molar-refractivity contribution is 0.0680. The summed E-state index contributed by atoms with van der Waals surface area (Å²) in [4.78, 5) is 21.5. The molecule has 0 atom stereocenters. The average molecular weight is 206 g/mol. The Bertz CT molecular complexity index is 421. The molecule has 0 bridgehead atoms. The summed E-state index contributed by atoms with van der Waals surface area (Å²) in [6, 6.07) is 3.93. The van der Waals surface area contributed by atoms with E-state index in [1.165, 1.54) is 24.3 Å². The Labute approximate surface area is 86.5 Å². The largest absolute Gasteiger partial charge is 0.478 e. The maximum absolute atomic E-state index is 10.8. The summed E-state index contributed by atoms with van der Waals surface area (Å²) in [5.41, 5.74) is 0.647. The predicted molar refractivity (Wildman–Crippen MR) is 54.3 cm³/mol. The highest BCUT2D eigenvalue weighted by Gasteiger charge is 2.11. The number of rotatable bonds is 4. The molecule has 2 N–H and O–H groups in total. The van der Waals surface area contributed by atoms with Crippen molar-refractivity contribution in [3.8, 4) is 0 Å². The molecule has 0 unspecified atom stereocenters. The minimum atomic E-state index is -1.07. The Morgan fingerprint density at radius 1 is 1.27 bits per heavy atom. The van der Waals surface area contributed by atoms with Gasteiger partial charge in [-0.25, -0.2) is 9.59 Å². The average Bonchev–Trinajstić information content (AvgIpc) is 2.17. The Morgan fingerprint density at radius 3 is 2.40 bits per heavy atom. The lowest BCUT2D eigenvalue weighted by Gasteiger charge is -2.04. The Kier molecular flexibility index (Phi) is 3.23. The second kappa shape index (κ2) is 4.41. The molecule has 4 nitrogen and oxygen atoms in total. The fourth-order valence-corrected chi connectivity index (χ4v) is 1.26. The third-order valence-corrected chi connectivity index (χ3v) is 1.95. The van der Waals surface area contributed by atoms with Crippen LogP contribution in [0.2, 0.25) is 0 Å². The van der Waals surface area contributed by atoms with E-state index in [9.17, 15) is 9.59 Å². The van der Waals surface area contributed by atoms with E-state index in [2.05, 4.69) is 6.58 Å². The molecule has 4 heteroatoms. The van der Waals surface area contributed by atoms with Crippen LogP contribution in [0.3, 0.4) is 0 Å². The third-order valence-electron chi connectivity index (χ3n) is 1.95. The highest BCUT2D eigenvalue weighted by Crippen LogP contribution is 2.13. The molecule has 0 heterocycles. The number of allylic oxidation sites excluding steroid dienone is 1. The van der Waals surface area contributed by atoms with Gasteiger partial charge in [-0.1, -0.05) is 6.08 Å². The quantitative estimate of drug-likeness (QED) is 0.737. The summed E-state index contributed by atoms with van der Waals surface area (Å²) in [5, 5.41) is 17.6. The van der Waals surface area contributed by atoms with Crippen LogP contribution in [0.15, 0.2) is 30.9 Å². The fraction of sp³-hybridized carbons (Fsp3) is 0.0909. The first-order valence-corrected chi connectivity index (χ1v) is 4.26. The summed E-state index contributed by atoms with van der Waals surface area (Å²) < 4.78 is 0. The van der Waals surface area contributed by atoms with Crippen LogP contribution in [0, 0.1) is 0 Å². The van der Waals surface area contributed by atoms with E-state index in [1.807, 2.05) is 0 Å². The van der Waals surface area contributed by atoms with Gasteiger partial charge in [0.15, 0.2) is 0 Å². The van der Waals surface area contributed by atoms with E-state index in [0.29, 0.717) is 12.0 Å². The zero-order valence-corrected chi connectivity index (χ0v) is 7.93. The topological polar surface area (TPSA) is 74.6 Å². The second-order valence-corrected chi connectivity index (χ2v) is 2.98. The molecule has 0 aliphatic heterocycles. The number of carboxylic acids is 2. The van der Waals surface area contributed by atoms with Crippen LogP contribution in [0.1, 0.15) is 26.3 Å². The molecular formula is C11H10O4. The van der Waals surface area contributed by atoms with Gasteiger partial charge >= 0.3 is 11.9 Å². The van der Waals surface area contributed by atoms with Gasteiger partial charge in [0, 0.05) is 0 Å². The minimum absolute atomic E-state index is 0.0804. The van der Waals surface area contributed by atoms with Crippen molar-refractivity contribution in [2.75, 3.05) is 0 Å². The first-order chi connectivity index (χ1) is 7.06. The molecule has 0 aliphatic carbocycles. The van der Waals surface area contributed by atoms with Crippen molar-refractivity contribution in [1.29, 1.82) is 0 Å². The number of carbonyl (C=O) groups is 2. The number of aromatic carboxylic acids is 2. The van der Waals surface area contributed by atoms with E-state index < -0.39 is 11.9 Å². The SMILES string of the molecule is C=CCc1cc(C(=O)O)ccc1C(=O)O. The van der Waals surface area contributed by atoms with Gasteiger partial charge in [0.25, 0.3) is 0 Å². The van der Waals surface area contributed by atoms with Crippen molar-refractivity contribution in [2.24, 2.45) is 0 Å². The molecule has 78 valence electrons. The summed E-state index contributed by atoms with van der Waals surface area (Å²) in [6.07, 6.45) is 1.87. The van der Waals surface area contributed by atoms with Crippen LogP contribution in [-0.4, -0.2) is 22.2 Å². The molecule has 0 spiro atoms. The van der Waals surface area contributed by atoms with Crippen LogP contribution in [0.25, 0.3) is 0 Å². The highest BCUT2D eigenvalue weighted by atomic mass is 16.4. The van der Waals surface area contributed by atoms with Crippen LogP contribution < -0.4 is 0 Å². The van der Waals surface area contributed by atoms with E-state index >= 15 is 0 Å². The molecule has 1 rings (SSSR count). The molecule has 0 radical (unpaired) electrons. The first kappa shape index (κ1) is 11.0. The van der Waals surface area contributed by atoms with E-state index in [0.717, 1.165) is 0 Å². The van der Waals surface area contributed by atoms with E-state index in [-0.39, 0.29) is 11.1 Å². The molecule has 15 heavy (non-hydrogen) atoms. The maximum Gasteiger partial charge on any atom is 0.335 e. The number of carboxylic acid groups (broad SMARTS) is 2. The van der Waals surface area contributed by atoms with E-state index in [1.54, 1.807) is 0 Å². The first-order valence-electron chi connectivity index (χ1n) is 4.26. The molecule has 0 fully saturated rings. The highest BCUT2D eigenvalue weighted by molar-refractivity contribution is 5.93. The summed E-state index contributed by atoms with van der Waals surface area (Å²) in [6.45, 7) is 3.49. The monoisotopic (exact) mass is 206 g/mol. The summed E-state index contributed by atoms with van der Waals surface area (Å²) in [5.74, 6) is -2.14. The van der Waals surface area contributed by atoms with Crippen molar-refractivity contribution in [1.82, 2.24) is 0 Å². The minimum Gasteiger partial charge on any atom is -0.478 e. The van der Waals surface area contributed by atoms with Gasteiger partial charge in [-0.05, 0) is 30.2 Å². The molecule has 0 saturated heterocycles.